The molecule has 2 aromatic heterocycles. The molecule has 0 radical (unpaired) electrons. The zero-order valence-electron chi connectivity index (χ0n) is 12.5. The highest BCUT2D eigenvalue weighted by Gasteiger charge is 2.16. The number of ether oxygens (including phenoxy) is 1. The van der Waals surface area contributed by atoms with Gasteiger partial charge in [0, 0.05) is 18.1 Å². The molecule has 3 rings (SSSR count). The van der Waals surface area contributed by atoms with Gasteiger partial charge in [0.05, 0.1) is 0 Å². The molecule has 0 aliphatic carbocycles. The molecule has 0 spiro atoms. The van der Waals surface area contributed by atoms with Gasteiger partial charge in [-0.05, 0) is 31.5 Å². The lowest BCUT2D eigenvalue weighted by molar-refractivity contribution is 0.449. The van der Waals surface area contributed by atoms with E-state index in [1.165, 1.54) is 0 Å². The van der Waals surface area contributed by atoms with E-state index in [0.29, 0.717) is 5.88 Å². The van der Waals surface area contributed by atoms with Crippen LogP contribution in [0, 0.1) is 13.8 Å². The molecule has 0 atom stereocenters. The van der Waals surface area contributed by atoms with Crippen molar-refractivity contribution in [1.82, 2.24) is 14.7 Å². The van der Waals surface area contributed by atoms with Crippen molar-refractivity contribution in [3.63, 3.8) is 0 Å². The molecule has 110 valence electrons. The molecule has 1 N–H and O–H groups in total. The molecule has 0 fully saturated rings. The lowest BCUT2D eigenvalue weighted by Gasteiger charge is -2.11. The Labute approximate surface area is 128 Å². The summed E-state index contributed by atoms with van der Waals surface area (Å²) in [5.74, 6) is 1.60. The van der Waals surface area contributed by atoms with Gasteiger partial charge in [0.25, 0.3) is 0 Å². The van der Waals surface area contributed by atoms with E-state index in [1.54, 1.807) is 11.3 Å². The normalized spacial score (nSPS) is 11.2. The predicted octanol–water partition coefficient (Wildman–Crippen LogP) is 3.91. The summed E-state index contributed by atoms with van der Waals surface area (Å²) in [5, 5.41) is 5.39. The molecule has 1 aromatic carbocycles. The fraction of sp³-hybridized carbons (Fsp3) is 0.312. The topological polar surface area (TPSA) is 38.6 Å². The van der Waals surface area contributed by atoms with Crippen LogP contribution in [0.25, 0.3) is 4.96 Å². The highest BCUT2D eigenvalue weighted by Crippen LogP contribution is 2.31. The molecule has 0 unspecified atom stereocenters. The van der Waals surface area contributed by atoms with Crippen LogP contribution in [0.15, 0.2) is 29.8 Å². The number of benzene rings is 1. The maximum absolute atomic E-state index is 6.15. The molecule has 5 heteroatoms. The number of nitrogens with zero attached hydrogens (tertiary/aromatic N) is 2. The fourth-order valence-electron chi connectivity index (χ4n) is 2.36. The molecule has 0 aliphatic heterocycles. The van der Waals surface area contributed by atoms with Crippen LogP contribution >= 0.6 is 11.3 Å². The number of nitrogens with one attached hydrogen (secondary N) is 1. The summed E-state index contributed by atoms with van der Waals surface area (Å²) < 4.78 is 8.24. The largest absolute Gasteiger partial charge is 0.437 e. The first kappa shape index (κ1) is 14.1. The average molecular weight is 301 g/mol. The maximum atomic E-state index is 6.15. The van der Waals surface area contributed by atoms with Crippen molar-refractivity contribution in [2.45, 2.75) is 27.3 Å². The molecule has 21 heavy (non-hydrogen) atoms. The monoisotopic (exact) mass is 301 g/mol. The highest BCUT2D eigenvalue weighted by molar-refractivity contribution is 7.15. The van der Waals surface area contributed by atoms with Crippen molar-refractivity contribution >= 4 is 16.3 Å². The minimum Gasteiger partial charge on any atom is -0.437 e. The molecular weight excluding hydrogens is 282 g/mol. The van der Waals surface area contributed by atoms with Crippen LogP contribution in [0.1, 0.15) is 23.7 Å². The molecule has 2 heterocycles. The van der Waals surface area contributed by atoms with Crippen LogP contribution in [0.3, 0.4) is 0 Å². The number of hydrogen-bond donors (Lipinski definition) is 1. The second-order valence-electron chi connectivity index (χ2n) is 5.02. The summed E-state index contributed by atoms with van der Waals surface area (Å²) in [6.07, 6.45) is 2.04. The lowest BCUT2D eigenvalue weighted by atomic mass is 10.1. The Morgan fingerprint density at radius 2 is 2.05 bits per heavy atom. The molecule has 0 saturated heterocycles. The average Bonchev–Trinajstić information content (AvgIpc) is 3.02. The van der Waals surface area contributed by atoms with E-state index < -0.39 is 0 Å². The molecule has 4 nitrogen and oxygen atoms in total. The van der Waals surface area contributed by atoms with Gasteiger partial charge < -0.3 is 10.1 Å². The lowest BCUT2D eigenvalue weighted by Crippen LogP contribution is -2.13. The Balaban J connectivity index is 2.01. The number of fused-ring (bicyclic) bond motifs is 1. The first-order chi connectivity index (χ1) is 10.2. The van der Waals surface area contributed by atoms with Crippen LogP contribution < -0.4 is 10.1 Å². The number of rotatable bonds is 5. The van der Waals surface area contributed by atoms with E-state index >= 15 is 0 Å². The van der Waals surface area contributed by atoms with Crippen molar-refractivity contribution in [2.75, 3.05) is 6.54 Å². The van der Waals surface area contributed by atoms with E-state index in [9.17, 15) is 0 Å². The zero-order valence-corrected chi connectivity index (χ0v) is 13.3. The first-order valence-electron chi connectivity index (χ1n) is 7.10. The van der Waals surface area contributed by atoms with Gasteiger partial charge in [-0.15, -0.1) is 11.3 Å². The van der Waals surface area contributed by atoms with Crippen molar-refractivity contribution in [1.29, 1.82) is 0 Å². The third-order valence-electron chi connectivity index (χ3n) is 3.47. The van der Waals surface area contributed by atoms with Gasteiger partial charge in [-0.2, -0.15) is 4.98 Å². The van der Waals surface area contributed by atoms with E-state index in [4.69, 9.17) is 4.74 Å². The summed E-state index contributed by atoms with van der Waals surface area (Å²) in [5.41, 5.74) is 3.32. The molecular formula is C16H19N3OS. The molecule has 0 bridgehead atoms. The standard InChI is InChI=1S/C16H19N3OS/c1-4-17-10-13-15(18-16-19(13)8-9-21-16)20-14-11(2)6-5-7-12(14)3/h5-9,17H,4,10H2,1-3H3. The third kappa shape index (κ3) is 2.66. The fourth-order valence-corrected chi connectivity index (χ4v) is 3.08. The smallest absolute Gasteiger partial charge is 0.243 e. The number of imidazole rings is 1. The van der Waals surface area contributed by atoms with Gasteiger partial charge in [-0.25, -0.2) is 0 Å². The third-order valence-corrected chi connectivity index (χ3v) is 4.23. The molecule has 0 saturated carbocycles. The minimum atomic E-state index is 0.695. The van der Waals surface area contributed by atoms with Crippen molar-refractivity contribution in [3.05, 3.63) is 46.6 Å². The Morgan fingerprint density at radius 1 is 1.29 bits per heavy atom. The van der Waals surface area contributed by atoms with Gasteiger partial charge in [0.2, 0.25) is 5.88 Å². The highest BCUT2D eigenvalue weighted by atomic mass is 32.1. The number of aryl methyl sites for hydroxylation is 2. The second-order valence-corrected chi connectivity index (χ2v) is 5.90. The molecule has 0 aliphatic rings. The van der Waals surface area contributed by atoms with E-state index in [1.807, 2.05) is 17.6 Å². The summed E-state index contributed by atoms with van der Waals surface area (Å²) >= 11 is 1.62. The van der Waals surface area contributed by atoms with Gasteiger partial charge in [0.1, 0.15) is 11.4 Å². The first-order valence-corrected chi connectivity index (χ1v) is 7.98. The Hall–Kier alpha value is -1.85. The van der Waals surface area contributed by atoms with Crippen molar-refractivity contribution in [2.24, 2.45) is 0 Å². The summed E-state index contributed by atoms with van der Waals surface area (Å²) in [6, 6.07) is 6.16. The predicted molar refractivity (Wildman–Crippen MR) is 86.4 cm³/mol. The Bertz CT molecular complexity index is 740. The number of aromatic nitrogens is 2. The maximum Gasteiger partial charge on any atom is 0.243 e. The van der Waals surface area contributed by atoms with Gasteiger partial charge >= 0.3 is 0 Å². The van der Waals surface area contributed by atoms with Crippen LogP contribution in [-0.4, -0.2) is 15.9 Å². The van der Waals surface area contributed by atoms with Gasteiger partial charge in [-0.3, -0.25) is 4.40 Å². The SMILES string of the molecule is CCNCc1c(Oc2c(C)cccc2C)nc2sccn12. The van der Waals surface area contributed by atoms with Crippen LogP contribution in [0.2, 0.25) is 0 Å². The van der Waals surface area contributed by atoms with E-state index in [2.05, 4.69) is 47.6 Å². The number of hydrogen-bond acceptors (Lipinski definition) is 4. The number of thiazole rings is 1. The summed E-state index contributed by atoms with van der Waals surface area (Å²) in [4.78, 5) is 5.58. The molecule has 0 amide bonds. The van der Waals surface area contributed by atoms with Crippen molar-refractivity contribution < 1.29 is 4.74 Å². The van der Waals surface area contributed by atoms with E-state index in [-0.39, 0.29) is 0 Å². The van der Waals surface area contributed by atoms with Crippen molar-refractivity contribution in [3.8, 4) is 11.6 Å². The van der Waals surface area contributed by atoms with Gasteiger partial charge in [0.15, 0.2) is 4.96 Å². The summed E-state index contributed by atoms with van der Waals surface area (Å²) in [7, 11) is 0. The van der Waals surface area contributed by atoms with E-state index in [0.717, 1.165) is 40.6 Å². The van der Waals surface area contributed by atoms with Crippen LogP contribution in [0.4, 0.5) is 0 Å². The van der Waals surface area contributed by atoms with Crippen LogP contribution in [0.5, 0.6) is 11.6 Å². The van der Waals surface area contributed by atoms with Gasteiger partial charge in [-0.1, -0.05) is 25.1 Å². The number of para-hydroxylation sites is 1. The minimum absolute atomic E-state index is 0.695. The Morgan fingerprint density at radius 3 is 2.76 bits per heavy atom. The second kappa shape index (κ2) is 5.87. The Kier molecular flexibility index (Phi) is 3.94. The van der Waals surface area contributed by atoms with Crippen LogP contribution in [-0.2, 0) is 6.54 Å². The quantitative estimate of drug-likeness (QED) is 0.776. The summed E-state index contributed by atoms with van der Waals surface area (Å²) in [6.45, 7) is 7.88. The molecule has 3 aromatic rings. The zero-order chi connectivity index (χ0) is 14.8.